The van der Waals surface area contributed by atoms with Gasteiger partial charge >= 0.3 is 6.18 Å². The van der Waals surface area contributed by atoms with Crippen LogP contribution in [0.3, 0.4) is 0 Å². The lowest BCUT2D eigenvalue weighted by atomic mass is 10.0. The van der Waals surface area contributed by atoms with Crippen molar-refractivity contribution < 1.29 is 23.0 Å². The maximum atomic E-state index is 11.9. The van der Waals surface area contributed by atoms with E-state index < -0.39 is 18.7 Å². The van der Waals surface area contributed by atoms with E-state index in [0.29, 0.717) is 12.8 Å². The lowest BCUT2D eigenvalue weighted by Crippen LogP contribution is -2.12. The molecule has 1 unspecified atom stereocenters. The largest absolute Gasteiger partial charge is 0.497 e. The van der Waals surface area contributed by atoms with Gasteiger partial charge in [0, 0.05) is 6.42 Å². The van der Waals surface area contributed by atoms with Crippen molar-refractivity contribution in [2.75, 3.05) is 7.11 Å². The number of methoxy groups -OCH3 is 1. The normalized spacial score (nSPS) is 13.3. The highest BCUT2D eigenvalue weighted by Crippen LogP contribution is 2.23. The molecule has 1 aromatic carbocycles. The maximum Gasteiger partial charge on any atom is 0.389 e. The molecule has 2 nitrogen and oxygen atoms in total. The summed E-state index contributed by atoms with van der Waals surface area (Å²) in [5.41, 5.74) is 1.04. The molecule has 108 valence electrons. The summed E-state index contributed by atoms with van der Waals surface area (Å²) >= 11 is 0. The Kier molecular flexibility index (Phi) is 6.15. The summed E-state index contributed by atoms with van der Waals surface area (Å²) in [5.74, 6) is 0.759. The Labute approximate surface area is 111 Å². The van der Waals surface area contributed by atoms with E-state index in [1.54, 1.807) is 7.11 Å². The van der Waals surface area contributed by atoms with Crippen molar-refractivity contribution >= 4 is 0 Å². The van der Waals surface area contributed by atoms with Gasteiger partial charge in [0.1, 0.15) is 5.75 Å². The standard InChI is InChI=1S/C14H19F3O2/c1-19-13-8-5-11(6-9-13)4-7-12(18)3-2-10-14(15,16)17/h5-6,8-9,12,18H,2-4,7,10H2,1H3. The van der Waals surface area contributed by atoms with Gasteiger partial charge < -0.3 is 9.84 Å². The molecule has 0 fully saturated rings. The van der Waals surface area contributed by atoms with E-state index in [9.17, 15) is 18.3 Å². The van der Waals surface area contributed by atoms with Crippen LogP contribution in [0.25, 0.3) is 0 Å². The second-order valence-corrected chi connectivity index (χ2v) is 4.55. The quantitative estimate of drug-likeness (QED) is 0.822. The summed E-state index contributed by atoms with van der Waals surface area (Å²) in [6, 6.07) is 7.43. The third kappa shape index (κ3) is 7.06. The minimum absolute atomic E-state index is 0.0206. The zero-order valence-electron chi connectivity index (χ0n) is 10.9. The summed E-state index contributed by atoms with van der Waals surface area (Å²) in [5, 5.41) is 9.62. The van der Waals surface area contributed by atoms with Crippen LogP contribution >= 0.6 is 0 Å². The van der Waals surface area contributed by atoms with E-state index in [2.05, 4.69) is 0 Å². The Hall–Kier alpha value is -1.23. The maximum absolute atomic E-state index is 11.9. The van der Waals surface area contributed by atoms with Gasteiger partial charge in [0.15, 0.2) is 0 Å². The number of hydrogen-bond acceptors (Lipinski definition) is 2. The molecule has 1 atom stereocenters. The number of alkyl halides is 3. The summed E-state index contributed by atoms with van der Waals surface area (Å²) in [7, 11) is 1.58. The SMILES string of the molecule is COc1ccc(CCC(O)CCCC(F)(F)F)cc1. The fourth-order valence-corrected chi connectivity index (χ4v) is 1.81. The van der Waals surface area contributed by atoms with Crippen LogP contribution in [0.1, 0.15) is 31.2 Å². The minimum Gasteiger partial charge on any atom is -0.497 e. The first-order valence-electron chi connectivity index (χ1n) is 6.28. The molecule has 19 heavy (non-hydrogen) atoms. The molecule has 0 saturated carbocycles. The highest BCUT2D eigenvalue weighted by atomic mass is 19.4. The van der Waals surface area contributed by atoms with E-state index in [1.165, 1.54) is 0 Å². The summed E-state index contributed by atoms with van der Waals surface area (Å²) in [6.45, 7) is 0. The van der Waals surface area contributed by atoms with Crippen LogP contribution in [0, 0.1) is 0 Å². The average Bonchev–Trinajstić information content (AvgIpc) is 2.35. The molecule has 5 heteroatoms. The molecular weight excluding hydrogens is 257 g/mol. The molecule has 0 amide bonds. The van der Waals surface area contributed by atoms with Gasteiger partial charge in [-0.1, -0.05) is 12.1 Å². The zero-order valence-corrected chi connectivity index (χ0v) is 10.9. The van der Waals surface area contributed by atoms with Gasteiger partial charge in [-0.2, -0.15) is 13.2 Å². The highest BCUT2D eigenvalue weighted by Gasteiger charge is 2.26. The van der Waals surface area contributed by atoms with Crippen molar-refractivity contribution in [2.45, 2.75) is 44.4 Å². The second-order valence-electron chi connectivity index (χ2n) is 4.55. The molecule has 0 bridgehead atoms. The summed E-state index contributed by atoms with van der Waals surface area (Å²) in [4.78, 5) is 0. The van der Waals surface area contributed by atoms with Crippen LogP contribution in [-0.2, 0) is 6.42 Å². The third-order valence-corrected chi connectivity index (χ3v) is 2.92. The first kappa shape index (κ1) is 15.8. The molecule has 1 rings (SSSR count). The van der Waals surface area contributed by atoms with Crippen molar-refractivity contribution in [3.05, 3.63) is 29.8 Å². The Morgan fingerprint density at radius 3 is 2.32 bits per heavy atom. The van der Waals surface area contributed by atoms with Gasteiger partial charge in [-0.05, 0) is 43.4 Å². The fourth-order valence-electron chi connectivity index (χ4n) is 1.81. The molecule has 0 aromatic heterocycles. The van der Waals surface area contributed by atoms with Gasteiger partial charge in [0.25, 0.3) is 0 Å². The molecule has 0 heterocycles. The molecule has 0 spiro atoms. The minimum atomic E-state index is -4.13. The van der Waals surface area contributed by atoms with E-state index in [-0.39, 0.29) is 12.8 Å². The Morgan fingerprint density at radius 2 is 1.79 bits per heavy atom. The van der Waals surface area contributed by atoms with Crippen molar-refractivity contribution in [1.29, 1.82) is 0 Å². The first-order valence-corrected chi connectivity index (χ1v) is 6.28. The number of aliphatic hydroxyl groups excluding tert-OH is 1. The van der Waals surface area contributed by atoms with Crippen LogP contribution < -0.4 is 4.74 Å². The van der Waals surface area contributed by atoms with E-state index >= 15 is 0 Å². The monoisotopic (exact) mass is 276 g/mol. The second kappa shape index (κ2) is 7.38. The Bertz CT molecular complexity index is 360. The number of hydrogen-bond donors (Lipinski definition) is 1. The Morgan fingerprint density at radius 1 is 1.16 bits per heavy atom. The van der Waals surface area contributed by atoms with Crippen LogP contribution in [-0.4, -0.2) is 24.5 Å². The average molecular weight is 276 g/mol. The van der Waals surface area contributed by atoms with Gasteiger partial charge in [0.05, 0.1) is 13.2 Å². The van der Waals surface area contributed by atoms with Crippen molar-refractivity contribution in [1.82, 2.24) is 0 Å². The number of ether oxygens (including phenoxy) is 1. The number of aryl methyl sites for hydroxylation is 1. The molecule has 0 aliphatic rings. The van der Waals surface area contributed by atoms with E-state index in [0.717, 1.165) is 11.3 Å². The number of benzene rings is 1. The molecule has 1 aromatic rings. The zero-order chi connectivity index (χ0) is 14.3. The number of halogens is 3. The van der Waals surface area contributed by atoms with Gasteiger partial charge in [-0.3, -0.25) is 0 Å². The molecule has 0 aliphatic carbocycles. The lowest BCUT2D eigenvalue weighted by Gasteiger charge is -2.11. The molecule has 0 radical (unpaired) electrons. The lowest BCUT2D eigenvalue weighted by molar-refractivity contribution is -0.136. The number of aliphatic hydroxyl groups is 1. The fraction of sp³-hybridized carbons (Fsp3) is 0.571. The topological polar surface area (TPSA) is 29.5 Å². The molecule has 1 N–H and O–H groups in total. The Balaban J connectivity index is 2.23. The van der Waals surface area contributed by atoms with Crippen molar-refractivity contribution in [3.63, 3.8) is 0 Å². The highest BCUT2D eigenvalue weighted by molar-refractivity contribution is 5.27. The van der Waals surface area contributed by atoms with Gasteiger partial charge in [0.2, 0.25) is 0 Å². The smallest absolute Gasteiger partial charge is 0.389 e. The van der Waals surface area contributed by atoms with Crippen molar-refractivity contribution in [3.8, 4) is 5.75 Å². The van der Waals surface area contributed by atoms with E-state index in [4.69, 9.17) is 4.74 Å². The van der Waals surface area contributed by atoms with Crippen LogP contribution in [0.2, 0.25) is 0 Å². The first-order chi connectivity index (χ1) is 8.90. The van der Waals surface area contributed by atoms with Crippen LogP contribution in [0.4, 0.5) is 13.2 Å². The summed E-state index contributed by atoms with van der Waals surface area (Å²) in [6.07, 6.45) is -4.34. The molecule has 0 aliphatic heterocycles. The predicted octanol–water partition coefficient (Wildman–Crippen LogP) is 3.72. The molecular formula is C14H19F3O2. The van der Waals surface area contributed by atoms with Crippen LogP contribution in [0.15, 0.2) is 24.3 Å². The molecule has 0 saturated heterocycles. The van der Waals surface area contributed by atoms with Gasteiger partial charge in [-0.25, -0.2) is 0 Å². The number of rotatable bonds is 7. The third-order valence-electron chi connectivity index (χ3n) is 2.92. The van der Waals surface area contributed by atoms with E-state index in [1.807, 2.05) is 24.3 Å². The summed E-state index contributed by atoms with van der Waals surface area (Å²) < 4.78 is 40.8. The van der Waals surface area contributed by atoms with Gasteiger partial charge in [-0.15, -0.1) is 0 Å². The van der Waals surface area contributed by atoms with Crippen LogP contribution in [0.5, 0.6) is 5.75 Å². The van der Waals surface area contributed by atoms with Crippen molar-refractivity contribution in [2.24, 2.45) is 0 Å². The predicted molar refractivity (Wildman–Crippen MR) is 67.2 cm³/mol.